The molecule has 6 heteroatoms. The number of nitrogens with zero attached hydrogens (tertiary/aromatic N) is 1. The average Bonchev–Trinajstić information content (AvgIpc) is 2.28. The number of benzene rings is 1. The third-order valence-electron chi connectivity index (χ3n) is 2.93. The summed E-state index contributed by atoms with van der Waals surface area (Å²) >= 11 is 5.87. The summed E-state index contributed by atoms with van der Waals surface area (Å²) in [7, 11) is 0. The van der Waals surface area contributed by atoms with E-state index < -0.39 is 0 Å². The predicted octanol–water partition coefficient (Wildman–Crippen LogP) is 1.99. The number of piperazine rings is 1. The highest BCUT2D eigenvalue weighted by molar-refractivity contribution is 6.30. The molecule has 0 aliphatic carbocycles. The van der Waals surface area contributed by atoms with Crippen molar-refractivity contribution < 1.29 is 4.79 Å². The van der Waals surface area contributed by atoms with Crippen LogP contribution >= 0.6 is 24.0 Å². The Balaban J connectivity index is 0.00000180. The molecule has 1 atom stereocenters. The minimum absolute atomic E-state index is 0. The van der Waals surface area contributed by atoms with Crippen LogP contribution in [-0.2, 0) is 4.79 Å². The molecule has 0 aromatic heterocycles. The number of amides is 1. The first-order valence-electron chi connectivity index (χ1n) is 6.14. The van der Waals surface area contributed by atoms with Gasteiger partial charge in [-0.2, -0.15) is 0 Å². The number of hydrogen-bond acceptors (Lipinski definition) is 3. The maximum Gasteiger partial charge on any atom is 0.238 e. The largest absolute Gasteiger partial charge is 0.325 e. The number of rotatable bonds is 3. The smallest absolute Gasteiger partial charge is 0.238 e. The molecule has 1 amide bonds. The molecule has 1 heterocycles. The first-order chi connectivity index (χ1) is 8.63. The van der Waals surface area contributed by atoms with Gasteiger partial charge in [0.25, 0.3) is 0 Å². The minimum atomic E-state index is 0. The van der Waals surface area contributed by atoms with Crippen molar-refractivity contribution in [2.75, 3.05) is 31.5 Å². The summed E-state index contributed by atoms with van der Waals surface area (Å²) in [6.07, 6.45) is 0. The molecule has 2 N–H and O–H groups in total. The minimum Gasteiger partial charge on any atom is -0.325 e. The van der Waals surface area contributed by atoms with Crippen molar-refractivity contribution in [2.24, 2.45) is 0 Å². The van der Waals surface area contributed by atoms with E-state index in [1.54, 1.807) is 12.1 Å². The van der Waals surface area contributed by atoms with E-state index in [4.69, 9.17) is 11.6 Å². The van der Waals surface area contributed by atoms with Crippen molar-refractivity contribution in [1.82, 2.24) is 10.2 Å². The SMILES string of the molecule is CC1CN(CC(=O)Nc2cccc(Cl)c2)CCN1.Cl. The molecular formula is C13H19Cl2N3O. The maximum absolute atomic E-state index is 11.9. The molecule has 106 valence electrons. The van der Waals surface area contributed by atoms with Gasteiger partial charge in [-0.15, -0.1) is 12.4 Å². The first kappa shape index (κ1) is 16.2. The normalized spacial score (nSPS) is 19.6. The van der Waals surface area contributed by atoms with Gasteiger partial charge < -0.3 is 10.6 Å². The molecule has 1 unspecified atom stereocenters. The molecule has 1 aliphatic heterocycles. The Morgan fingerprint density at radius 2 is 2.37 bits per heavy atom. The Morgan fingerprint density at radius 3 is 3.05 bits per heavy atom. The van der Waals surface area contributed by atoms with Crippen LogP contribution in [0.2, 0.25) is 5.02 Å². The summed E-state index contributed by atoms with van der Waals surface area (Å²) in [6, 6.07) is 7.64. The van der Waals surface area contributed by atoms with Crippen molar-refractivity contribution in [3.63, 3.8) is 0 Å². The van der Waals surface area contributed by atoms with Gasteiger partial charge in [0.05, 0.1) is 6.54 Å². The third-order valence-corrected chi connectivity index (χ3v) is 3.16. The van der Waals surface area contributed by atoms with Crippen LogP contribution in [0.15, 0.2) is 24.3 Å². The summed E-state index contributed by atoms with van der Waals surface area (Å²) in [5, 5.41) is 6.84. The summed E-state index contributed by atoms with van der Waals surface area (Å²) < 4.78 is 0. The van der Waals surface area contributed by atoms with Crippen LogP contribution in [0.3, 0.4) is 0 Å². The molecule has 19 heavy (non-hydrogen) atoms. The molecule has 0 saturated carbocycles. The van der Waals surface area contributed by atoms with Crippen molar-refractivity contribution in [3.8, 4) is 0 Å². The molecule has 1 aliphatic rings. The summed E-state index contributed by atoms with van der Waals surface area (Å²) in [5.74, 6) is 0.00590. The Hall–Kier alpha value is -0.810. The van der Waals surface area contributed by atoms with Crippen LogP contribution in [0.1, 0.15) is 6.92 Å². The van der Waals surface area contributed by atoms with E-state index in [0.717, 1.165) is 25.3 Å². The van der Waals surface area contributed by atoms with E-state index >= 15 is 0 Å². The molecular weight excluding hydrogens is 285 g/mol. The van der Waals surface area contributed by atoms with Crippen molar-refractivity contribution >= 4 is 35.6 Å². The molecule has 1 aromatic rings. The third kappa shape index (κ3) is 5.37. The van der Waals surface area contributed by atoms with Crippen LogP contribution in [0, 0.1) is 0 Å². The van der Waals surface area contributed by atoms with Gasteiger partial charge in [0.15, 0.2) is 0 Å². The highest BCUT2D eigenvalue weighted by Crippen LogP contribution is 2.14. The summed E-state index contributed by atoms with van der Waals surface area (Å²) in [6.45, 7) is 5.31. The van der Waals surface area contributed by atoms with E-state index in [1.807, 2.05) is 12.1 Å². The van der Waals surface area contributed by atoms with Crippen LogP contribution in [0.25, 0.3) is 0 Å². The van der Waals surface area contributed by atoms with E-state index in [0.29, 0.717) is 17.6 Å². The maximum atomic E-state index is 11.9. The second kappa shape index (κ2) is 7.70. The molecule has 2 rings (SSSR count). The molecule has 1 fully saturated rings. The second-order valence-corrected chi connectivity index (χ2v) is 5.09. The fourth-order valence-electron chi connectivity index (χ4n) is 2.13. The number of nitrogens with one attached hydrogen (secondary N) is 2. The Kier molecular flexibility index (Phi) is 6.58. The summed E-state index contributed by atoms with van der Waals surface area (Å²) in [4.78, 5) is 14.0. The van der Waals surface area contributed by atoms with Gasteiger partial charge in [0, 0.05) is 36.4 Å². The van der Waals surface area contributed by atoms with E-state index in [-0.39, 0.29) is 18.3 Å². The fraction of sp³-hybridized carbons (Fsp3) is 0.462. The topological polar surface area (TPSA) is 44.4 Å². The average molecular weight is 304 g/mol. The number of carbonyl (C=O) groups is 1. The van der Waals surface area contributed by atoms with E-state index in [2.05, 4.69) is 22.5 Å². The zero-order chi connectivity index (χ0) is 13.0. The Labute approximate surface area is 124 Å². The zero-order valence-electron chi connectivity index (χ0n) is 10.9. The van der Waals surface area contributed by atoms with Crippen LogP contribution in [-0.4, -0.2) is 43.0 Å². The molecule has 0 bridgehead atoms. The monoisotopic (exact) mass is 303 g/mol. The lowest BCUT2D eigenvalue weighted by Gasteiger charge is -2.31. The molecule has 4 nitrogen and oxygen atoms in total. The molecule has 1 aromatic carbocycles. The van der Waals surface area contributed by atoms with Crippen LogP contribution < -0.4 is 10.6 Å². The van der Waals surface area contributed by atoms with Crippen molar-refractivity contribution in [1.29, 1.82) is 0 Å². The number of hydrogen-bond donors (Lipinski definition) is 2. The Bertz CT molecular complexity index is 428. The van der Waals surface area contributed by atoms with Crippen molar-refractivity contribution in [3.05, 3.63) is 29.3 Å². The molecule has 0 radical (unpaired) electrons. The standard InChI is InChI=1S/C13H18ClN3O.ClH/c1-10-8-17(6-5-15-10)9-13(18)16-12-4-2-3-11(14)7-12;/h2-4,7,10,15H,5-6,8-9H2,1H3,(H,16,18);1H. The van der Waals surface area contributed by atoms with Gasteiger partial charge in [-0.25, -0.2) is 0 Å². The number of halogens is 2. The fourth-order valence-corrected chi connectivity index (χ4v) is 2.32. The van der Waals surface area contributed by atoms with Crippen molar-refractivity contribution in [2.45, 2.75) is 13.0 Å². The lowest BCUT2D eigenvalue weighted by atomic mass is 10.2. The number of anilines is 1. The quantitative estimate of drug-likeness (QED) is 0.897. The van der Waals surface area contributed by atoms with E-state index in [9.17, 15) is 4.79 Å². The highest BCUT2D eigenvalue weighted by atomic mass is 35.5. The lowest BCUT2D eigenvalue weighted by Crippen LogP contribution is -2.51. The van der Waals surface area contributed by atoms with Gasteiger partial charge in [-0.05, 0) is 25.1 Å². The van der Waals surface area contributed by atoms with Gasteiger partial charge in [-0.1, -0.05) is 17.7 Å². The first-order valence-corrected chi connectivity index (χ1v) is 6.52. The molecule has 0 spiro atoms. The number of carbonyl (C=O) groups excluding carboxylic acids is 1. The lowest BCUT2D eigenvalue weighted by molar-refractivity contribution is -0.117. The van der Waals surface area contributed by atoms with Gasteiger partial charge in [-0.3, -0.25) is 9.69 Å². The van der Waals surface area contributed by atoms with Gasteiger partial charge in [0.1, 0.15) is 0 Å². The second-order valence-electron chi connectivity index (χ2n) is 4.65. The molecule has 1 saturated heterocycles. The van der Waals surface area contributed by atoms with Crippen LogP contribution in [0.5, 0.6) is 0 Å². The van der Waals surface area contributed by atoms with Gasteiger partial charge >= 0.3 is 0 Å². The van der Waals surface area contributed by atoms with Gasteiger partial charge in [0.2, 0.25) is 5.91 Å². The van der Waals surface area contributed by atoms with Crippen LogP contribution in [0.4, 0.5) is 5.69 Å². The Morgan fingerprint density at radius 1 is 1.58 bits per heavy atom. The zero-order valence-corrected chi connectivity index (χ0v) is 12.4. The predicted molar refractivity (Wildman–Crippen MR) is 81.2 cm³/mol. The highest BCUT2D eigenvalue weighted by Gasteiger charge is 2.17. The van der Waals surface area contributed by atoms with E-state index in [1.165, 1.54) is 0 Å². The summed E-state index contributed by atoms with van der Waals surface area (Å²) in [5.41, 5.74) is 0.746.